The van der Waals surface area contributed by atoms with E-state index in [0.717, 1.165) is 0 Å². The van der Waals surface area contributed by atoms with Gasteiger partial charge in [-0.25, -0.2) is 23.2 Å². The number of hydrogen-bond acceptors (Lipinski definition) is 10. The SMILES string of the molecule is COc1cc(C)nc(Nc2cc(N[C@@H]3CS(=O)(=O)CC[C@@H]3N)cnc2C(N)=O)c1.O=C(O)C(F)(F)F. The van der Waals surface area contributed by atoms with Crippen LogP contribution in [-0.2, 0) is 14.6 Å². The van der Waals surface area contributed by atoms with Crippen molar-refractivity contribution in [3.8, 4) is 5.75 Å². The lowest BCUT2D eigenvalue weighted by Gasteiger charge is -2.30. The molecule has 0 aromatic carbocycles. The summed E-state index contributed by atoms with van der Waals surface area (Å²) in [6.45, 7) is 1.81. The molecule has 1 saturated heterocycles. The Morgan fingerprint density at radius 3 is 2.44 bits per heavy atom. The van der Waals surface area contributed by atoms with Crippen molar-refractivity contribution in [3.63, 3.8) is 0 Å². The Morgan fingerprint density at radius 1 is 1.25 bits per heavy atom. The van der Waals surface area contributed by atoms with E-state index in [1.807, 2.05) is 6.92 Å². The second-order valence-electron chi connectivity index (χ2n) is 7.76. The quantitative estimate of drug-likeness (QED) is 0.357. The van der Waals surface area contributed by atoms with Gasteiger partial charge in [0.25, 0.3) is 5.91 Å². The number of alkyl halides is 3. The smallest absolute Gasteiger partial charge is 0.490 e. The van der Waals surface area contributed by atoms with Gasteiger partial charge in [0.1, 0.15) is 11.6 Å². The van der Waals surface area contributed by atoms with E-state index in [0.29, 0.717) is 35.1 Å². The minimum Gasteiger partial charge on any atom is -0.497 e. The molecular weight excluding hydrogens is 509 g/mol. The molecule has 1 aliphatic heterocycles. The van der Waals surface area contributed by atoms with Crippen molar-refractivity contribution in [1.29, 1.82) is 0 Å². The number of sulfone groups is 1. The number of primary amides is 1. The minimum atomic E-state index is -5.08. The van der Waals surface area contributed by atoms with Crippen molar-refractivity contribution in [2.45, 2.75) is 31.6 Å². The molecular formula is C20H25F3N6O6S. The summed E-state index contributed by atoms with van der Waals surface area (Å²) in [6.07, 6.45) is -3.28. The molecule has 0 saturated carbocycles. The Balaban J connectivity index is 0.000000572. The Hall–Kier alpha value is -3.66. The lowest BCUT2D eigenvalue weighted by atomic mass is 10.1. The van der Waals surface area contributed by atoms with Crippen LogP contribution in [0.15, 0.2) is 24.4 Å². The predicted molar refractivity (Wildman–Crippen MR) is 124 cm³/mol. The van der Waals surface area contributed by atoms with Crippen LogP contribution in [-0.4, -0.2) is 72.2 Å². The summed E-state index contributed by atoms with van der Waals surface area (Å²) in [5, 5.41) is 13.3. The number of carboxylic acid groups (broad SMARTS) is 1. The summed E-state index contributed by atoms with van der Waals surface area (Å²) >= 11 is 0. The number of carbonyl (C=O) groups excluding carboxylic acids is 1. The van der Waals surface area contributed by atoms with E-state index >= 15 is 0 Å². The molecule has 1 amide bonds. The average Bonchev–Trinajstić information content (AvgIpc) is 2.75. The molecule has 36 heavy (non-hydrogen) atoms. The van der Waals surface area contributed by atoms with Gasteiger partial charge < -0.3 is 31.9 Å². The summed E-state index contributed by atoms with van der Waals surface area (Å²) in [5.74, 6) is -2.41. The van der Waals surface area contributed by atoms with Crippen molar-refractivity contribution >= 4 is 38.9 Å². The number of carboxylic acids is 1. The predicted octanol–water partition coefficient (Wildman–Crippen LogP) is 1.20. The standard InChI is InChI=1S/C18H24N6O4S.C2HF3O2/c1-10-5-12(28-2)7-16(22-10)24-14-6-11(8-21-17(14)18(20)25)23-15-9-29(26,27)4-3-13(15)19;3-2(4,5)1(6)7/h5-8,13,15,23H,3-4,9,19H2,1-2H3,(H2,20,25)(H,22,24);(H,6,7)/t13-,15+;/m0./s1. The van der Waals surface area contributed by atoms with Crippen LogP contribution in [0.3, 0.4) is 0 Å². The van der Waals surface area contributed by atoms with Gasteiger partial charge in [-0.3, -0.25) is 4.79 Å². The van der Waals surface area contributed by atoms with E-state index in [-0.39, 0.29) is 23.2 Å². The van der Waals surface area contributed by atoms with Gasteiger partial charge in [0.05, 0.1) is 42.2 Å². The number of methoxy groups -OCH3 is 1. The van der Waals surface area contributed by atoms with Crippen molar-refractivity contribution in [1.82, 2.24) is 9.97 Å². The fraction of sp³-hybridized carbons (Fsp3) is 0.400. The summed E-state index contributed by atoms with van der Waals surface area (Å²) in [5.41, 5.74) is 13.1. The second kappa shape index (κ2) is 11.4. The zero-order valence-electron chi connectivity index (χ0n) is 19.2. The number of aromatic nitrogens is 2. The van der Waals surface area contributed by atoms with Gasteiger partial charge in [0, 0.05) is 23.9 Å². The number of pyridine rings is 2. The number of hydrogen-bond donors (Lipinski definition) is 5. The van der Waals surface area contributed by atoms with Crippen LogP contribution in [0.2, 0.25) is 0 Å². The number of ether oxygens (including phenoxy) is 1. The number of anilines is 3. The van der Waals surface area contributed by atoms with Gasteiger partial charge in [-0.2, -0.15) is 13.2 Å². The maximum absolute atomic E-state index is 11.9. The summed E-state index contributed by atoms with van der Waals surface area (Å²) < 4.78 is 60.8. The molecule has 2 aromatic heterocycles. The second-order valence-corrected chi connectivity index (χ2v) is 9.99. The monoisotopic (exact) mass is 534 g/mol. The van der Waals surface area contributed by atoms with Gasteiger partial charge in [0.2, 0.25) is 0 Å². The number of rotatable bonds is 6. The summed E-state index contributed by atoms with van der Waals surface area (Å²) in [7, 11) is -1.61. The third-order valence-electron chi connectivity index (χ3n) is 4.85. The van der Waals surface area contributed by atoms with E-state index in [9.17, 15) is 26.4 Å². The molecule has 0 bridgehead atoms. The Bertz CT molecular complexity index is 1220. The third kappa shape index (κ3) is 8.23. The first-order chi connectivity index (χ1) is 16.6. The third-order valence-corrected chi connectivity index (χ3v) is 6.58. The highest BCUT2D eigenvalue weighted by molar-refractivity contribution is 7.91. The van der Waals surface area contributed by atoms with Crippen molar-refractivity contribution in [3.05, 3.63) is 35.8 Å². The molecule has 0 radical (unpaired) electrons. The number of halogens is 3. The summed E-state index contributed by atoms with van der Waals surface area (Å²) in [4.78, 5) is 29.2. The molecule has 1 fully saturated rings. The van der Waals surface area contributed by atoms with Crippen LogP contribution in [0.5, 0.6) is 5.75 Å². The Labute approximate surface area is 204 Å². The number of amides is 1. The van der Waals surface area contributed by atoms with E-state index < -0.39 is 33.9 Å². The van der Waals surface area contributed by atoms with E-state index in [1.54, 1.807) is 25.3 Å². The normalized spacial score (nSPS) is 18.8. The topological polar surface area (TPSA) is 200 Å². The highest BCUT2D eigenvalue weighted by Crippen LogP contribution is 2.26. The molecule has 198 valence electrons. The molecule has 16 heteroatoms. The Kier molecular flexibility index (Phi) is 9.04. The maximum Gasteiger partial charge on any atom is 0.490 e. The first kappa shape index (κ1) is 28.6. The molecule has 3 rings (SSSR count). The van der Waals surface area contributed by atoms with Crippen molar-refractivity contribution in [2.75, 3.05) is 29.2 Å². The number of aliphatic carboxylic acids is 1. The van der Waals surface area contributed by atoms with Crippen LogP contribution >= 0.6 is 0 Å². The molecule has 3 heterocycles. The zero-order chi connectivity index (χ0) is 27.3. The molecule has 2 atom stereocenters. The number of aryl methyl sites for hydroxylation is 1. The van der Waals surface area contributed by atoms with Crippen molar-refractivity contribution in [2.24, 2.45) is 11.5 Å². The molecule has 7 N–H and O–H groups in total. The summed E-state index contributed by atoms with van der Waals surface area (Å²) in [6, 6.07) is 4.29. The van der Waals surface area contributed by atoms with Crippen LogP contribution in [0.25, 0.3) is 0 Å². The van der Waals surface area contributed by atoms with Crippen molar-refractivity contribution < 1.29 is 41.0 Å². The number of nitrogens with two attached hydrogens (primary N) is 2. The Morgan fingerprint density at radius 2 is 1.89 bits per heavy atom. The first-order valence-corrected chi connectivity index (χ1v) is 12.1. The van der Waals surface area contributed by atoms with Gasteiger partial charge in [-0.15, -0.1) is 0 Å². The van der Waals surface area contributed by atoms with Gasteiger partial charge in [0.15, 0.2) is 15.5 Å². The van der Waals surface area contributed by atoms with Crippen LogP contribution in [0.1, 0.15) is 22.6 Å². The fourth-order valence-corrected chi connectivity index (χ4v) is 4.83. The minimum absolute atomic E-state index is 0.0263. The van der Waals surface area contributed by atoms with E-state index in [4.69, 9.17) is 26.1 Å². The van der Waals surface area contributed by atoms with Crippen LogP contribution < -0.4 is 26.8 Å². The van der Waals surface area contributed by atoms with Gasteiger partial charge in [-0.1, -0.05) is 0 Å². The lowest BCUT2D eigenvalue weighted by molar-refractivity contribution is -0.192. The molecule has 0 aliphatic carbocycles. The zero-order valence-corrected chi connectivity index (χ0v) is 20.0. The number of nitrogens with zero attached hydrogens (tertiary/aromatic N) is 2. The van der Waals surface area contributed by atoms with Crippen LogP contribution in [0, 0.1) is 6.92 Å². The van der Waals surface area contributed by atoms with Crippen LogP contribution in [0.4, 0.5) is 30.4 Å². The number of nitrogens with one attached hydrogen (secondary N) is 2. The van der Waals surface area contributed by atoms with E-state index in [1.165, 1.54) is 6.20 Å². The maximum atomic E-state index is 11.9. The largest absolute Gasteiger partial charge is 0.497 e. The molecule has 0 spiro atoms. The lowest BCUT2D eigenvalue weighted by Crippen LogP contribution is -2.50. The average molecular weight is 535 g/mol. The number of carbonyl (C=O) groups is 2. The fourth-order valence-electron chi connectivity index (χ4n) is 3.15. The molecule has 2 aromatic rings. The van der Waals surface area contributed by atoms with E-state index in [2.05, 4.69) is 20.6 Å². The highest BCUT2D eigenvalue weighted by atomic mass is 32.2. The highest BCUT2D eigenvalue weighted by Gasteiger charge is 2.38. The molecule has 12 nitrogen and oxygen atoms in total. The molecule has 1 aliphatic rings. The van der Waals surface area contributed by atoms with Gasteiger partial charge in [-0.05, 0) is 19.4 Å². The first-order valence-electron chi connectivity index (χ1n) is 10.2. The van der Waals surface area contributed by atoms with Gasteiger partial charge >= 0.3 is 12.1 Å². The molecule has 0 unspecified atom stereocenters.